The predicted molar refractivity (Wildman–Crippen MR) is 103 cm³/mol. The van der Waals surface area contributed by atoms with E-state index in [0.29, 0.717) is 44.3 Å². The zero-order valence-corrected chi connectivity index (χ0v) is 15.5. The van der Waals surface area contributed by atoms with Crippen LogP contribution in [-0.4, -0.2) is 24.5 Å². The first kappa shape index (κ1) is 17.4. The van der Waals surface area contributed by atoms with E-state index in [9.17, 15) is 13.2 Å². The van der Waals surface area contributed by atoms with Crippen LogP contribution in [0, 0.1) is 24.6 Å². The average molecular weight is 393 g/mol. The van der Waals surface area contributed by atoms with E-state index in [0.717, 1.165) is 0 Å². The third kappa shape index (κ3) is 2.52. The molecule has 0 aliphatic carbocycles. The van der Waals surface area contributed by atoms with E-state index < -0.39 is 17.7 Å². The van der Waals surface area contributed by atoms with Gasteiger partial charge < -0.3 is 0 Å². The molecule has 0 unspecified atom stereocenters. The Morgan fingerprint density at radius 3 is 2.52 bits per heavy atom. The summed E-state index contributed by atoms with van der Waals surface area (Å²) in [5, 5.41) is 9.80. The second-order valence-electron chi connectivity index (χ2n) is 6.78. The zero-order chi connectivity index (χ0) is 20.3. The molecule has 0 N–H and O–H groups in total. The highest BCUT2D eigenvalue weighted by Crippen LogP contribution is 2.36. The molecule has 0 saturated carbocycles. The molecular formula is C21H14F3N5. The van der Waals surface area contributed by atoms with Gasteiger partial charge in [0.2, 0.25) is 11.9 Å². The maximum absolute atomic E-state index is 14.8. The Morgan fingerprint density at radius 1 is 0.931 bits per heavy atom. The maximum atomic E-state index is 14.8. The molecule has 2 aromatic carbocycles. The average Bonchev–Trinajstić information content (AvgIpc) is 3.24. The summed E-state index contributed by atoms with van der Waals surface area (Å²) in [4.78, 5) is 3.67. The van der Waals surface area contributed by atoms with Gasteiger partial charge in [0, 0.05) is 23.6 Å². The molecule has 144 valence electrons. The highest BCUT2D eigenvalue weighted by molar-refractivity contribution is 6.03. The van der Waals surface area contributed by atoms with Gasteiger partial charge in [-0.05, 0) is 37.3 Å². The summed E-state index contributed by atoms with van der Waals surface area (Å²) in [6.07, 6.45) is 1.32. The van der Waals surface area contributed by atoms with Gasteiger partial charge in [-0.1, -0.05) is 12.1 Å². The van der Waals surface area contributed by atoms with Crippen molar-refractivity contribution in [1.82, 2.24) is 24.5 Å². The van der Waals surface area contributed by atoms with E-state index in [2.05, 4.69) is 15.2 Å². The van der Waals surface area contributed by atoms with Crippen molar-refractivity contribution in [2.75, 3.05) is 0 Å². The van der Waals surface area contributed by atoms with Gasteiger partial charge in [0.15, 0.2) is 0 Å². The number of pyridine rings is 1. The minimum Gasteiger partial charge on any atom is -0.242 e. The number of hydrogen-bond donors (Lipinski definition) is 0. The van der Waals surface area contributed by atoms with Crippen molar-refractivity contribution in [2.45, 2.75) is 6.92 Å². The Kier molecular flexibility index (Phi) is 3.70. The fourth-order valence-electron chi connectivity index (χ4n) is 3.63. The van der Waals surface area contributed by atoms with Gasteiger partial charge in [-0.3, -0.25) is 0 Å². The van der Waals surface area contributed by atoms with Crippen LogP contribution in [0.3, 0.4) is 0 Å². The SMILES string of the molecule is Cc1c(F)ccc2c(-c3cccc4nn(C)c(F)c34)nn(-c3ccc(F)nc3)c12. The number of aryl methyl sites for hydroxylation is 2. The van der Waals surface area contributed by atoms with Crippen LogP contribution >= 0.6 is 0 Å². The van der Waals surface area contributed by atoms with E-state index in [4.69, 9.17) is 0 Å². The van der Waals surface area contributed by atoms with Crippen molar-refractivity contribution in [1.29, 1.82) is 0 Å². The molecule has 0 aliphatic heterocycles. The zero-order valence-electron chi connectivity index (χ0n) is 15.5. The molecule has 5 aromatic rings. The molecule has 0 spiro atoms. The summed E-state index contributed by atoms with van der Waals surface area (Å²) in [7, 11) is 1.53. The van der Waals surface area contributed by atoms with Crippen LogP contribution in [0.5, 0.6) is 0 Å². The van der Waals surface area contributed by atoms with Crippen LogP contribution in [0.15, 0.2) is 48.7 Å². The minimum atomic E-state index is -0.629. The van der Waals surface area contributed by atoms with Gasteiger partial charge >= 0.3 is 0 Å². The monoisotopic (exact) mass is 393 g/mol. The van der Waals surface area contributed by atoms with Gasteiger partial charge in [-0.25, -0.2) is 18.7 Å². The van der Waals surface area contributed by atoms with E-state index in [1.165, 1.54) is 40.8 Å². The van der Waals surface area contributed by atoms with Gasteiger partial charge in [0.25, 0.3) is 0 Å². The van der Waals surface area contributed by atoms with Gasteiger partial charge in [-0.15, -0.1) is 0 Å². The molecule has 5 rings (SSSR count). The Hall–Kier alpha value is -3.68. The van der Waals surface area contributed by atoms with E-state index in [1.54, 1.807) is 31.2 Å². The number of fused-ring (bicyclic) bond motifs is 2. The van der Waals surface area contributed by atoms with E-state index >= 15 is 0 Å². The first-order valence-electron chi connectivity index (χ1n) is 8.87. The number of rotatable bonds is 2. The van der Waals surface area contributed by atoms with Crippen LogP contribution in [0.25, 0.3) is 38.8 Å². The van der Waals surface area contributed by atoms with Crippen molar-refractivity contribution in [2.24, 2.45) is 7.05 Å². The highest BCUT2D eigenvalue weighted by atomic mass is 19.1. The topological polar surface area (TPSA) is 48.5 Å². The van der Waals surface area contributed by atoms with Crippen LogP contribution in [-0.2, 0) is 7.05 Å². The molecule has 29 heavy (non-hydrogen) atoms. The summed E-state index contributed by atoms with van der Waals surface area (Å²) in [5.74, 6) is -1.51. The summed E-state index contributed by atoms with van der Waals surface area (Å²) in [5.41, 5.74) is 2.87. The molecule has 3 aromatic heterocycles. The van der Waals surface area contributed by atoms with Crippen LogP contribution in [0.2, 0.25) is 0 Å². The standard InChI is InChI=1S/C21H14F3N5/c1-11-15(22)8-7-14-19(13-4-3-5-16-18(13)21(24)28(2)26-16)27-29(20(11)14)12-6-9-17(23)25-10-12/h3-10H,1-2H3. The van der Waals surface area contributed by atoms with Gasteiger partial charge in [0.05, 0.1) is 28.3 Å². The third-order valence-electron chi connectivity index (χ3n) is 5.03. The number of benzene rings is 2. The molecule has 8 heteroatoms. The van der Waals surface area contributed by atoms with Crippen molar-refractivity contribution >= 4 is 21.8 Å². The number of nitrogens with zero attached hydrogens (tertiary/aromatic N) is 5. The van der Waals surface area contributed by atoms with Crippen LogP contribution < -0.4 is 0 Å². The lowest BCUT2D eigenvalue weighted by Gasteiger charge is -2.05. The van der Waals surface area contributed by atoms with Gasteiger partial charge in [-0.2, -0.15) is 19.0 Å². The second kappa shape index (κ2) is 6.16. The lowest BCUT2D eigenvalue weighted by atomic mass is 10.0. The predicted octanol–water partition coefficient (Wildman–Crippen LogP) is 4.70. The van der Waals surface area contributed by atoms with Crippen molar-refractivity contribution in [3.05, 3.63) is 71.9 Å². The Balaban J connectivity index is 1.90. The van der Waals surface area contributed by atoms with Gasteiger partial charge in [0.1, 0.15) is 11.5 Å². The molecule has 5 nitrogen and oxygen atoms in total. The van der Waals surface area contributed by atoms with Crippen molar-refractivity contribution in [3.8, 4) is 16.9 Å². The maximum Gasteiger partial charge on any atom is 0.219 e. The first-order valence-corrected chi connectivity index (χ1v) is 8.87. The first-order chi connectivity index (χ1) is 14.0. The third-order valence-corrected chi connectivity index (χ3v) is 5.03. The number of halogens is 3. The minimum absolute atomic E-state index is 0.334. The fourth-order valence-corrected chi connectivity index (χ4v) is 3.63. The van der Waals surface area contributed by atoms with Crippen molar-refractivity contribution < 1.29 is 13.2 Å². The van der Waals surface area contributed by atoms with Crippen LogP contribution in [0.4, 0.5) is 13.2 Å². The molecule has 0 fully saturated rings. The lowest BCUT2D eigenvalue weighted by Crippen LogP contribution is -2.00. The summed E-state index contributed by atoms with van der Waals surface area (Å²) in [6.45, 7) is 1.64. The van der Waals surface area contributed by atoms with E-state index in [-0.39, 0.29) is 0 Å². The Bertz CT molecular complexity index is 1400. The molecule has 0 atom stereocenters. The number of hydrogen-bond acceptors (Lipinski definition) is 3. The summed E-state index contributed by atoms with van der Waals surface area (Å²) < 4.78 is 45.1. The van der Waals surface area contributed by atoms with E-state index in [1.807, 2.05) is 0 Å². The Labute approximate surface area is 163 Å². The normalized spacial score (nSPS) is 11.6. The molecule has 0 radical (unpaired) electrons. The Morgan fingerprint density at radius 2 is 1.76 bits per heavy atom. The molecule has 0 aliphatic rings. The van der Waals surface area contributed by atoms with Crippen LogP contribution in [0.1, 0.15) is 5.56 Å². The van der Waals surface area contributed by atoms with Crippen molar-refractivity contribution in [3.63, 3.8) is 0 Å². The second-order valence-corrected chi connectivity index (χ2v) is 6.78. The molecule has 0 amide bonds. The lowest BCUT2D eigenvalue weighted by molar-refractivity contribution is 0.512. The fraction of sp³-hybridized carbons (Fsp3) is 0.0952. The summed E-state index contributed by atoms with van der Waals surface area (Å²) in [6, 6.07) is 10.9. The molecule has 0 bridgehead atoms. The number of aromatic nitrogens is 5. The summed E-state index contributed by atoms with van der Waals surface area (Å²) >= 11 is 0. The highest BCUT2D eigenvalue weighted by Gasteiger charge is 2.21. The largest absolute Gasteiger partial charge is 0.242 e. The quantitative estimate of drug-likeness (QED) is 0.409. The molecule has 3 heterocycles. The molecular weight excluding hydrogens is 379 g/mol. The smallest absolute Gasteiger partial charge is 0.219 e. The molecule has 0 saturated heterocycles.